The fourth-order valence-corrected chi connectivity index (χ4v) is 2.77. The SMILES string of the molecule is COc1ccc(C(=O)N2CCCCCC2CO)cc1OC. The third-order valence-electron chi connectivity index (χ3n) is 3.98. The van der Waals surface area contributed by atoms with E-state index in [-0.39, 0.29) is 18.6 Å². The Labute approximate surface area is 125 Å². The zero-order chi connectivity index (χ0) is 15.2. The first-order valence-electron chi connectivity index (χ1n) is 7.35. The third kappa shape index (κ3) is 3.47. The molecule has 21 heavy (non-hydrogen) atoms. The number of ether oxygens (including phenoxy) is 2. The Bertz CT molecular complexity index is 489. The van der Waals surface area contributed by atoms with Gasteiger partial charge in [0.2, 0.25) is 0 Å². The molecule has 1 aromatic carbocycles. The third-order valence-corrected chi connectivity index (χ3v) is 3.98. The van der Waals surface area contributed by atoms with Gasteiger partial charge in [0.25, 0.3) is 5.91 Å². The van der Waals surface area contributed by atoms with Crippen molar-refractivity contribution in [1.29, 1.82) is 0 Å². The maximum absolute atomic E-state index is 12.7. The van der Waals surface area contributed by atoms with Crippen molar-refractivity contribution in [2.24, 2.45) is 0 Å². The zero-order valence-corrected chi connectivity index (χ0v) is 12.7. The highest BCUT2D eigenvalue weighted by molar-refractivity contribution is 5.95. The number of likely N-dealkylation sites (tertiary alicyclic amines) is 1. The summed E-state index contributed by atoms with van der Waals surface area (Å²) in [6.45, 7) is 0.706. The van der Waals surface area contributed by atoms with E-state index in [4.69, 9.17) is 9.47 Å². The van der Waals surface area contributed by atoms with E-state index < -0.39 is 0 Å². The van der Waals surface area contributed by atoms with Crippen molar-refractivity contribution < 1.29 is 19.4 Å². The molecular formula is C16H23NO4. The van der Waals surface area contributed by atoms with Crippen LogP contribution in [-0.2, 0) is 0 Å². The van der Waals surface area contributed by atoms with Crippen LogP contribution in [0.15, 0.2) is 18.2 Å². The first-order valence-corrected chi connectivity index (χ1v) is 7.35. The molecule has 5 nitrogen and oxygen atoms in total. The molecule has 1 atom stereocenters. The number of rotatable bonds is 4. The number of hydrogen-bond donors (Lipinski definition) is 1. The summed E-state index contributed by atoms with van der Waals surface area (Å²) < 4.78 is 10.4. The summed E-state index contributed by atoms with van der Waals surface area (Å²) in [5, 5.41) is 9.53. The minimum atomic E-state index is -0.0897. The number of aliphatic hydroxyl groups excluding tert-OH is 1. The summed E-state index contributed by atoms with van der Waals surface area (Å²) in [6, 6.07) is 5.08. The molecule has 5 heteroatoms. The minimum absolute atomic E-state index is 0.0129. The van der Waals surface area contributed by atoms with Crippen LogP contribution < -0.4 is 9.47 Å². The lowest BCUT2D eigenvalue weighted by molar-refractivity contribution is 0.0599. The molecule has 0 saturated carbocycles. The van der Waals surface area contributed by atoms with Crippen LogP contribution in [-0.4, -0.2) is 49.3 Å². The van der Waals surface area contributed by atoms with E-state index in [1.807, 2.05) is 0 Å². The summed E-state index contributed by atoms with van der Waals surface area (Å²) in [6.07, 6.45) is 4.00. The van der Waals surface area contributed by atoms with Gasteiger partial charge in [0.15, 0.2) is 11.5 Å². The summed E-state index contributed by atoms with van der Waals surface area (Å²) in [4.78, 5) is 14.5. The fraction of sp³-hybridized carbons (Fsp3) is 0.562. The van der Waals surface area contributed by atoms with Gasteiger partial charge in [0.1, 0.15) is 0 Å². The second kappa shape index (κ2) is 7.31. The first-order chi connectivity index (χ1) is 10.2. The molecule has 1 amide bonds. The molecule has 0 spiro atoms. The molecule has 0 radical (unpaired) electrons. The highest BCUT2D eigenvalue weighted by Crippen LogP contribution is 2.29. The van der Waals surface area contributed by atoms with E-state index >= 15 is 0 Å². The van der Waals surface area contributed by atoms with Crippen LogP contribution in [0.4, 0.5) is 0 Å². The normalized spacial score (nSPS) is 19.0. The number of carbonyl (C=O) groups is 1. The van der Waals surface area contributed by atoms with Crippen LogP contribution in [0.5, 0.6) is 11.5 Å². The number of benzene rings is 1. The van der Waals surface area contributed by atoms with Gasteiger partial charge in [-0.15, -0.1) is 0 Å². The number of amides is 1. The van der Waals surface area contributed by atoms with Gasteiger partial charge in [-0.3, -0.25) is 4.79 Å². The Hall–Kier alpha value is -1.75. The van der Waals surface area contributed by atoms with E-state index in [1.165, 1.54) is 0 Å². The van der Waals surface area contributed by atoms with E-state index in [2.05, 4.69) is 0 Å². The zero-order valence-electron chi connectivity index (χ0n) is 12.7. The second-order valence-electron chi connectivity index (χ2n) is 5.25. The van der Waals surface area contributed by atoms with Gasteiger partial charge in [-0.25, -0.2) is 0 Å². The van der Waals surface area contributed by atoms with Crippen molar-refractivity contribution in [3.8, 4) is 11.5 Å². The Morgan fingerprint density at radius 2 is 2.00 bits per heavy atom. The quantitative estimate of drug-likeness (QED) is 0.923. The molecule has 1 heterocycles. The number of aliphatic hydroxyl groups is 1. The number of carbonyl (C=O) groups excluding carboxylic acids is 1. The van der Waals surface area contributed by atoms with E-state index in [0.717, 1.165) is 25.7 Å². The smallest absolute Gasteiger partial charge is 0.254 e. The van der Waals surface area contributed by atoms with Gasteiger partial charge in [0.05, 0.1) is 26.9 Å². The Balaban J connectivity index is 2.25. The van der Waals surface area contributed by atoms with Gasteiger partial charge in [-0.2, -0.15) is 0 Å². The summed E-state index contributed by atoms with van der Waals surface area (Å²) in [5.41, 5.74) is 0.563. The Morgan fingerprint density at radius 3 is 2.67 bits per heavy atom. The lowest BCUT2D eigenvalue weighted by Gasteiger charge is -2.29. The van der Waals surface area contributed by atoms with Gasteiger partial charge in [0, 0.05) is 12.1 Å². The molecule has 1 aromatic rings. The lowest BCUT2D eigenvalue weighted by Crippen LogP contribution is -2.42. The van der Waals surface area contributed by atoms with Crippen LogP contribution in [0.25, 0.3) is 0 Å². The molecule has 1 aliphatic rings. The van der Waals surface area contributed by atoms with Crippen molar-refractivity contribution in [2.75, 3.05) is 27.4 Å². The van der Waals surface area contributed by atoms with Crippen LogP contribution in [0.1, 0.15) is 36.0 Å². The van der Waals surface area contributed by atoms with Crippen LogP contribution >= 0.6 is 0 Å². The van der Waals surface area contributed by atoms with E-state index in [9.17, 15) is 9.90 Å². The average Bonchev–Trinajstić information content (AvgIpc) is 2.78. The molecule has 116 valence electrons. The van der Waals surface area contributed by atoms with Gasteiger partial charge < -0.3 is 19.5 Å². The van der Waals surface area contributed by atoms with Crippen LogP contribution in [0.3, 0.4) is 0 Å². The van der Waals surface area contributed by atoms with Crippen LogP contribution in [0.2, 0.25) is 0 Å². The molecule has 1 saturated heterocycles. The van der Waals surface area contributed by atoms with E-state index in [1.54, 1.807) is 37.3 Å². The van der Waals surface area contributed by atoms with Crippen molar-refractivity contribution in [3.63, 3.8) is 0 Å². The average molecular weight is 293 g/mol. The van der Waals surface area contributed by atoms with Gasteiger partial charge >= 0.3 is 0 Å². The van der Waals surface area contributed by atoms with Crippen molar-refractivity contribution in [1.82, 2.24) is 4.90 Å². The molecule has 1 N–H and O–H groups in total. The Morgan fingerprint density at radius 1 is 1.24 bits per heavy atom. The topological polar surface area (TPSA) is 59.0 Å². The first kappa shape index (κ1) is 15.6. The Kier molecular flexibility index (Phi) is 5.44. The number of nitrogens with zero attached hydrogens (tertiary/aromatic N) is 1. The maximum Gasteiger partial charge on any atom is 0.254 e. The molecule has 1 aliphatic heterocycles. The van der Waals surface area contributed by atoms with Crippen LogP contribution in [0, 0.1) is 0 Å². The van der Waals surface area contributed by atoms with Crippen molar-refractivity contribution >= 4 is 5.91 Å². The van der Waals surface area contributed by atoms with Gasteiger partial charge in [-0.05, 0) is 31.0 Å². The number of methoxy groups -OCH3 is 2. The fourth-order valence-electron chi connectivity index (χ4n) is 2.77. The van der Waals surface area contributed by atoms with E-state index in [0.29, 0.717) is 23.6 Å². The highest BCUT2D eigenvalue weighted by Gasteiger charge is 2.26. The van der Waals surface area contributed by atoms with Gasteiger partial charge in [-0.1, -0.05) is 12.8 Å². The van der Waals surface area contributed by atoms with Crippen molar-refractivity contribution in [3.05, 3.63) is 23.8 Å². The molecule has 1 fully saturated rings. The monoisotopic (exact) mass is 293 g/mol. The maximum atomic E-state index is 12.7. The predicted octanol–water partition coefficient (Wildman–Crippen LogP) is 2.08. The largest absolute Gasteiger partial charge is 0.493 e. The summed E-state index contributed by atoms with van der Waals surface area (Å²) in [7, 11) is 3.12. The lowest BCUT2D eigenvalue weighted by atomic mass is 10.1. The molecule has 0 bridgehead atoms. The second-order valence-corrected chi connectivity index (χ2v) is 5.25. The molecular weight excluding hydrogens is 270 g/mol. The summed E-state index contributed by atoms with van der Waals surface area (Å²) >= 11 is 0. The standard InChI is InChI=1S/C16H23NO4/c1-20-14-8-7-12(10-15(14)21-2)16(19)17-9-5-3-4-6-13(17)11-18/h7-8,10,13,18H,3-6,9,11H2,1-2H3. The molecule has 2 rings (SSSR count). The number of hydrogen-bond acceptors (Lipinski definition) is 4. The van der Waals surface area contributed by atoms with Crippen molar-refractivity contribution in [2.45, 2.75) is 31.7 Å². The predicted molar refractivity (Wildman–Crippen MR) is 79.9 cm³/mol. The molecule has 0 aromatic heterocycles. The molecule has 0 aliphatic carbocycles. The minimum Gasteiger partial charge on any atom is -0.493 e. The summed E-state index contributed by atoms with van der Waals surface area (Å²) in [5.74, 6) is 1.08. The highest BCUT2D eigenvalue weighted by atomic mass is 16.5. The molecule has 1 unspecified atom stereocenters.